The molecule has 6 heteroatoms. The lowest BCUT2D eigenvalue weighted by molar-refractivity contribution is -0.120. The summed E-state index contributed by atoms with van der Waals surface area (Å²) in [7, 11) is 0. The number of hydrogen-bond acceptors (Lipinski definition) is 3. The number of aromatic nitrogens is 1. The third-order valence-electron chi connectivity index (χ3n) is 6.68. The molecule has 0 atom stereocenters. The maximum absolute atomic E-state index is 12.9. The molecule has 27 heavy (non-hydrogen) atoms. The van der Waals surface area contributed by atoms with E-state index in [-0.39, 0.29) is 24.5 Å². The van der Waals surface area contributed by atoms with E-state index >= 15 is 0 Å². The van der Waals surface area contributed by atoms with Crippen LogP contribution in [-0.2, 0) is 4.79 Å². The summed E-state index contributed by atoms with van der Waals surface area (Å²) in [5.74, 6) is 0.902. The number of nitrogens with one attached hydrogen (secondary N) is 1. The third kappa shape index (κ3) is 3.48. The molecule has 1 heterocycles. The quantitative estimate of drug-likeness (QED) is 0.694. The van der Waals surface area contributed by atoms with Crippen LogP contribution in [-0.4, -0.2) is 33.9 Å². The second kappa shape index (κ2) is 7.46. The van der Waals surface area contributed by atoms with Gasteiger partial charge in [-0.3, -0.25) is 4.79 Å². The van der Waals surface area contributed by atoms with Crippen LogP contribution in [0.1, 0.15) is 51.0 Å². The van der Waals surface area contributed by atoms with Crippen molar-refractivity contribution in [1.29, 1.82) is 0 Å². The number of anilines is 1. The molecule has 1 amide bonds. The minimum atomic E-state index is -0.469. The predicted molar refractivity (Wildman–Crippen MR) is 107 cm³/mol. The first-order valence-electron chi connectivity index (χ1n) is 9.86. The van der Waals surface area contributed by atoms with Gasteiger partial charge in [-0.1, -0.05) is 17.7 Å². The standard InChI is InChI=1S/C21H27ClN2O3/c22-16-2-1-3-18-20(16)17(11-24(18)15(12-25)13-26)23-19(27)10-21-7-4-14(5-8-21)6-9-21/h1-3,11,14-15,25-26H,4-10,12-13H2,(H,23,27). The van der Waals surface area contributed by atoms with Crippen molar-refractivity contribution in [2.75, 3.05) is 18.5 Å². The first-order chi connectivity index (χ1) is 13.0. The Balaban J connectivity index is 1.60. The normalized spacial score (nSPS) is 24.7. The van der Waals surface area contributed by atoms with Crippen LogP contribution in [0.25, 0.3) is 10.9 Å². The van der Waals surface area contributed by atoms with Crippen LogP contribution in [0.15, 0.2) is 24.4 Å². The van der Waals surface area contributed by atoms with Gasteiger partial charge in [0, 0.05) is 18.0 Å². The second-order valence-corrected chi connectivity index (χ2v) is 8.72. The number of amides is 1. The molecule has 0 spiro atoms. The SMILES string of the molecule is O=C(CC12CCC(CC1)CC2)Nc1cn(C(CO)CO)c2cccc(Cl)c12. The van der Waals surface area contributed by atoms with Crippen LogP contribution in [0, 0.1) is 11.3 Å². The van der Waals surface area contributed by atoms with Crippen LogP contribution in [0.3, 0.4) is 0 Å². The van der Waals surface area contributed by atoms with E-state index < -0.39 is 6.04 Å². The maximum atomic E-state index is 12.9. The van der Waals surface area contributed by atoms with Gasteiger partial charge in [0.1, 0.15) is 0 Å². The lowest BCUT2D eigenvalue weighted by Gasteiger charge is -2.46. The first kappa shape index (κ1) is 18.8. The van der Waals surface area contributed by atoms with Crippen molar-refractivity contribution in [3.8, 4) is 0 Å². The molecule has 3 saturated carbocycles. The summed E-state index contributed by atoms with van der Waals surface area (Å²) in [5.41, 5.74) is 1.61. The number of aliphatic hydroxyl groups excluding tert-OH is 2. The Bertz CT molecular complexity index is 822. The molecule has 5 nitrogen and oxygen atoms in total. The number of halogens is 1. The summed E-state index contributed by atoms with van der Waals surface area (Å²) in [6.07, 6.45) is 9.58. The van der Waals surface area contributed by atoms with Crippen molar-refractivity contribution in [3.63, 3.8) is 0 Å². The van der Waals surface area contributed by atoms with Gasteiger partial charge < -0.3 is 20.1 Å². The highest BCUT2D eigenvalue weighted by atomic mass is 35.5. The van der Waals surface area contributed by atoms with E-state index in [0.717, 1.165) is 36.1 Å². The Kier molecular flexibility index (Phi) is 5.19. The third-order valence-corrected chi connectivity index (χ3v) is 7.00. The van der Waals surface area contributed by atoms with Crippen molar-refractivity contribution < 1.29 is 15.0 Å². The fourth-order valence-corrected chi connectivity index (χ4v) is 5.31. The number of nitrogens with zero attached hydrogens (tertiary/aromatic N) is 1. The largest absolute Gasteiger partial charge is 0.394 e. The first-order valence-corrected chi connectivity index (χ1v) is 10.2. The van der Waals surface area contributed by atoms with E-state index in [2.05, 4.69) is 5.32 Å². The van der Waals surface area contributed by atoms with Gasteiger partial charge in [-0.15, -0.1) is 0 Å². The summed E-state index contributed by atoms with van der Waals surface area (Å²) < 4.78 is 1.79. The lowest BCUT2D eigenvalue weighted by Crippen LogP contribution is -2.37. The van der Waals surface area contributed by atoms with Gasteiger partial charge in [0.25, 0.3) is 0 Å². The van der Waals surface area contributed by atoms with Crippen molar-refractivity contribution in [2.24, 2.45) is 11.3 Å². The highest BCUT2D eigenvalue weighted by Crippen LogP contribution is 2.52. The number of aliphatic hydroxyl groups is 2. The number of carbonyl (C=O) groups is 1. The zero-order valence-electron chi connectivity index (χ0n) is 15.5. The highest BCUT2D eigenvalue weighted by molar-refractivity contribution is 6.36. The second-order valence-electron chi connectivity index (χ2n) is 8.31. The van der Waals surface area contributed by atoms with E-state index in [1.165, 1.54) is 19.3 Å². The Morgan fingerprint density at radius 2 is 1.89 bits per heavy atom. The molecule has 146 valence electrons. The van der Waals surface area contributed by atoms with Gasteiger partial charge in [0.05, 0.1) is 35.5 Å². The molecule has 3 N–H and O–H groups in total. The minimum absolute atomic E-state index is 0.0267. The molecular weight excluding hydrogens is 364 g/mol. The summed E-state index contributed by atoms with van der Waals surface area (Å²) in [5, 5.41) is 23.5. The Morgan fingerprint density at radius 3 is 2.52 bits per heavy atom. The monoisotopic (exact) mass is 390 g/mol. The molecule has 1 aromatic carbocycles. The summed E-state index contributed by atoms with van der Waals surface area (Å²) in [6, 6.07) is 5.04. The molecule has 3 fully saturated rings. The average Bonchev–Trinajstić information content (AvgIpc) is 3.03. The molecule has 3 aliphatic carbocycles. The van der Waals surface area contributed by atoms with E-state index in [0.29, 0.717) is 17.1 Å². The number of carbonyl (C=O) groups excluding carboxylic acids is 1. The summed E-state index contributed by atoms with van der Waals surface area (Å²) in [4.78, 5) is 12.9. The van der Waals surface area contributed by atoms with Gasteiger partial charge in [-0.2, -0.15) is 0 Å². The van der Waals surface area contributed by atoms with E-state index in [4.69, 9.17) is 11.6 Å². The van der Waals surface area contributed by atoms with Crippen molar-refractivity contribution >= 4 is 34.1 Å². The van der Waals surface area contributed by atoms with Gasteiger partial charge in [-0.25, -0.2) is 0 Å². The Labute approximate surface area is 164 Å². The lowest BCUT2D eigenvalue weighted by atomic mass is 9.59. The zero-order valence-corrected chi connectivity index (χ0v) is 16.2. The van der Waals surface area contributed by atoms with Crippen LogP contribution >= 0.6 is 11.6 Å². The van der Waals surface area contributed by atoms with Crippen LogP contribution in [0.2, 0.25) is 5.02 Å². The summed E-state index contributed by atoms with van der Waals surface area (Å²) in [6.45, 7) is -0.380. The topological polar surface area (TPSA) is 74.5 Å². The molecule has 0 radical (unpaired) electrons. The number of benzene rings is 1. The van der Waals surface area contributed by atoms with E-state index in [9.17, 15) is 15.0 Å². The van der Waals surface area contributed by atoms with Crippen LogP contribution in [0.4, 0.5) is 5.69 Å². The predicted octanol–water partition coefficient (Wildman–Crippen LogP) is 4.12. The average molecular weight is 391 g/mol. The molecule has 0 saturated heterocycles. The van der Waals surface area contributed by atoms with E-state index in [1.54, 1.807) is 16.8 Å². The molecule has 3 aliphatic rings. The van der Waals surface area contributed by atoms with Crippen molar-refractivity contribution in [2.45, 2.75) is 51.0 Å². The molecule has 5 rings (SSSR count). The summed E-state index contributed by atoms with van der Waals surface area (Å²) >= 11 is 6.41. The smallest absolute Gasteiger partial charge is 0.224 e. The Morgan fingerprint density at radius 1 is 1.22 bits per heavy atom. The van der Waals surface area contributed by atoms with Gasteiger partial charge in [0.15, 0.2) is 0 Å². The van der Waals surface area contributed by atoms with Crippen LogP contribution in [0.5, 0.6) is 0 Å². The molecule has 0 unspecified atom stereocenters. The fourth-order valence-electron chi connectivity index (χ4n) is 5.04. The van der Waals surface area contributed by atoms with Gasteiger partial charge >= 0.3 is 0 Å². The van der Waals surface area contributed by atoms with Crippen LogP contribution < -0.4 is 5.32 Å². The fraction of sp³-hybridized carbons (Fsp3) is 0.571. The van der Waals surface area contributed by atoms with Gasteiger partial charge in [-0.05, 0) is 62.0 Å². The molecule has 2 bridgehead atoms. The molecular formula is C21H27ClN2O3. The highest BCUT2D eigenvalue weighted by Gasteiger charge is 2.41. The molecule has 1 aromatic heterocycles. The zero-order chi connectivity index (χ0) is 19.0. The Hall–Kier alpha value is -1.56. The number of rotatable bonds is 6. The molecule has 2 aromatic rings. The van der Waals surface area contributed by atoms with Crippen molar-refractivity contribution in [3.05, 3.63) is 29.4 Å². The van der Waals surface area contributed by atoms with Gasteiger partial charge in [0.2, 0.25) is 5.91 Å². The minimum Gasteiger partial charge on any atom is -0.394 e. The number of hydrogen-bond donors (Lipinski definition) is 3. The molecule has 0 aliphatic heterocycles. The number of fused-ring (bicyclic) bond motifs is 4. The maximum Gasteiger partial charge on any atom is 0.224 e. The van der Waals surface area contributed by atoms with Crippen molar-refractivity contribution in [1.82, 2.24) is 4.57 Å². The van der Waals surface area contributed by atoms with E-state index in [1.807, 2.05) is 12.1 Å².